The minimum absolute atomic E-state index is 0.709. The maximum absolute atomic E-state index is 5.50. The van der Waals surface area contributed by atoms with Gasteiger partial charge in [-0.25, -0.2) is 0 Å². The standard InChI is InChI=1S/C11H15O/c1-10(2)8-9-12-11-6-4-3-5-7-11/h4-7,10H,8-9H2,1-2H3. The molecule has 1 aromatic rings. The highest BCUT2D eigenvalue weighted by atomic mass is 16.5. The lowest BCUT2D eigenvalue weighted by Gasteiger charge is -2.06. The number of hydrogen-bond acceptors (Lipinski definition) is 1. The fourth-order valence-electron chi connectivity index (χ4n) is 0.880. The molecule has 1 radical (unpaired) electrons. The predicted octanol–water partition coefficient (Wildman–Crippen LogP) is 2.91. The second-order valence-electron chi connectivity index (χ2n) is 3.27. The fraction of sp³-hybridized carbons (Fsp3) is 0.455. The van der Waals surface area contributed by atoms with Gasteiger partial charge >= 0.3 is 0 Å². The van der Waals surface area contributed by atoms with E-state index in [-0.39, 0.29) is 0 Å². The van der Waals surface area contributed by atoms with Crippen LogP contribution in [0.5, 0.6) is 5.75 Å². The summed E-state index contributed by atoms with van der Waals surface area (Å²) in [6.45, 7) is 5.20. The van der Waals surface area contributed by atoms with E-state index in [1.54, 1.807) is 0 Å². The highest BCUT2D eigenvalue weighted by molar-refractivity contribution is 5.20. The molecule has 1 aromatic carbocycles. The third-order valence-electron chi connectivity index (χ3n) is 1.65. The third-order valence-corrected chi connectivity index (χ3v) is 1.65. The maximum Gasteiger partial charge on any atom is 0.119 e. The Balaban J connectivity index is 2.25. The van der Waals surface area contributed by atoms with Gasteiger partial charge in [-0.2, -0.15) is 0 Å². The van der Waals surface area contributed by atoms with E-state index in [1.165, 1.54) is 0 Å². The van der Waals surface area contributed by atoms with Crippen LogP contribution < -0.4 is 4.74 Å². The van der Waals surface area contributed by atoms with Crippen LogP contribution in [0.3, 0.4) is 0 Å². The minimum Gasteiger partial charge on any atom is -0.494 e. The maximum atomic E-state index is 5.50. The molecule has 1 nitrogen and oxygen atoms in total. The molecule has 0 aliphatic rings. The molecule has 0 aromatic heterocycles. The van der Waals surface area contributed by atoms with Crippen LogP contribution in [-0.2, 0) is 0 Å². The van der Waals surface area contributed by atoms with E-state index in [2.05, 4.69) is 19.9 Å². The first-order valence-corrected chi connectivity index (χ1v) is 4.38. The van der Waals surface area contributed by atoms with E-state index >= 15 is 0 Å². The van der Waals surface area contributed by atoms with E-state index in [0.29, 0.717) is 5.92 Å². The number of rotatable bonds is 4. The molecule has 0 spiro atoms. The molecule has 0 aliphatic heterocycles. The number of ether oxygens (including phenoxy) is 1. The summed E-state index contributed by atoms with van der Waals surface area (Å²) in [7, 11) is 0. The Labute approximate surface area is 74.4 Å². The van der Waals surface area contributed by atoms with Crippen LogP contribution in [0.15, 0.2) is 24.3 Å². The van der Waals surface area contributed by atoms with Gasteiger partial charge in [0.2, 0.25) is 0 Å². The van der Waals surface area contributed by atoms with Crippen molar-refractivity contribution < 1.29 is 4.74 Å². The first-order valence-electron chi connectivity index (χ1n) is 4.38. The fourth-order valence-corrected chi connectivity index (χ4v) is 0.880. The van der Waals surface area contributed by atoms with Gasteiger partial charge in [-0.1, -0.05) is 26.0 Å². The van der Waals surface area contributed by atoms with Crippen molar-refractivity contribution in [1.82, 2.24) is 0 Å². The first-order chi connectivity index (χ1) is 5.79. The van der Waals surface area contributed by atoms with Crippen LogP contribution >= 0.6 is 0 Å². The molecule has 0 N–H and O–H groups in total. The van der Waals surface area contributed by atoms with Crippen LogP contribution in [0.2, 0.25) is 0 Å². The van der Waals surface area contributed by atoms with Crippen LogP contribution in [0.25, 0.3) is 0 Å². The SMILES string of the molecule is CC(C)CCOc1cc[c]cc1. The van der Waals surface area contributed by atoms with Gasteiger partial charge in [-0.3, -0.25) is 0 Å². The quantitative estimate of drug-likeness (QED) is 0.663. The van der Waals surface area contributed by atoms with Crippen LogP contribution in [-0.4, -0.2) is 6.61 Å². The van der Waals surface area contributed by atoms with Gasteiger partial charge in [-0.15, -0.1) is 0 Å². The van der Waals surface area contributed by atoms with Crippen molar-refractivity contribution in [2.24, 2.45) is 5.92 Å². The van der Waals surface area contributed by atoms with Gasteiger partial charge in [0.15, 0.2) is 0 Å². The van der Waals surface area contributed by atoms with Gasteiger partial charge in [0.05, 0.1) is 6.61 Å². The molecule has 0 fully saturated rings. The summed E-state index contributed by atoms with van der Waals surface area (Å²) >= 11 is 0. The van der Waals surface area contributed by atoms with Crippen LogP contribution in [0, 0.1) is 12.0 Å². The van der Waals surface area contributed by atoms with Crippen molar-refractivity contribution in [3.8, 4) is 5.75 Å². The molecule has 0 bridgehead atoms. The smallest absolute Gasteiger partial charge is 0.119 e. The molecule has 0 saturated carbocycles. The second kappa shape index (κ2) is 4.81. The largest absolute Gasteiger partial charge is 0.494 e. The van der Waals surface area contributed by atoms with Crippen molar-refractivity contribution in [2.45, 2.75) is 20.3 Å². The molecule has 0 aliphatic carbocycles. The summed E-state index contributed by atoms with van der Waals surface area (Å²) in [5, 5.41) is 0. The topological polar surface area (TPSA) is 9.23 Å². The summed E-state index contributed by atoms with van der Waals surface area (Å²) in [6.07, 6.45) is 1.11. The summed E-state index contributed by atoms with van der Waals surface area (Å²) in [6, 6.07) is 10.5. The van der Waals surface area contributed by atoms with Crippen molar-refractivity contribution in [3.05, 3.63) is 30.3 Å². The highest BCUT2D eigenvalue weighted by Gasteiger charge is 1.94. The van der Waals surface area contributed by atoms with Gasteiger partial charge in [0.25, 0.3) is 0 Å². The molecule has 1 rings (SSSR count). The van der Waals surface area contributed by atoms with Crippen LogP contribution in [0.1, 0.15) is 20.3 Å². The van der Waals surface area contributed by atoms with E-state index in [9.17, 15) is 0 Å². The van der Waals surface area contributed by atoms with E-state index in [0.717, 1.165) is 18.8 Å². The molecule has 0 amide bonds. The zero-order valence-electron chi connectivity index (χ0n) is 7.71. The van der Waals surface area contributed by atoms with Crippen LogP contribution in [0.4, 0.5) is 0 Å². The number of hydrogen-bond donors (Lipinski definition) is 0. The average Bonchev–Trinajstić information content (AvgIpc) is 2.05. The average molecular weight is 163 g/mol. The second-order valence-corrected chi connectivity index (χ2v) is 3.27. The Morgan fingerprint density at radius 2 is 2.00 bits per heavy atom. The predicted molar refractivity (Wildman–Crippen MR) is 50.2 cm³/mol. The molecule has 0 heterocycles. The monoisotopic (exact) mass is 163 g/mol. The minimum atomic E-state index is 0.709. The lowest BCUT2D eigenvalue weighted by molar-refractivity contribution is 0.289. The Bertz CT molecular complexity index is 204. The van der Waals surface area contributed by atoms with Gasteiger partial charge in [-0.05, 0) is 30.5 Å². The molecular formula is C11H15O. The summed E-state index contributed by atoms with van der Waals surface area (Å²) < 4.78 is 5.50. The lowest BCUT2D eigenvalue weighted by atomic mass is 10.1. The first kappa shape index (κ1) is 9.11. The van der Waals surface area contributed by atoms with Crippen molar-refractivity contribution >= 4 is 0 Å². The zero-order valence-corrected chi connectivity index (χ0v) is 7.71. The summed E-state index contributed by atoms with van der Waals surface area (Å²) in [4.78, 5) is 0. The molecule has 0 unspecified atom stereocenters. The number of benzene rings is 1. The Morgan fingerprint density at radius 3 is 2.58 bits per heavy atom. The Morgan fingerprint density at radius 1 is 1.33 bits per heavy atom. The molecular weight excluding hydrogens is 148 g/mol. The third kappa shape index (κ3) is 3.42. The Hall–Kier alpha value is -0.980. The molecule has 0 saturated heterocycles. The van der Waals surface area contributed by atoms with E-state index < -0.39 is 0 Å². The van der Waals surface area contributed by atoms with Crippen molar-refractivity contribution in [1.29, 1.82) is 0 Å². The highest BCUT2D eigenvalue weighted by Crippen LogP contribution is 2.09. The summed E-state index contributed by atoms with van der Waals surface area (Å²) in [5.74, 6) is 1.65. The van der Waals surface area contributed by atoms with E-state index in [1.807, 2.05) is 24.3 Å². The molecule has 1 heteroatoms. The molecule has 12 heavy (non-hydrogen) atoms. The lowest BCUT2D eigenvalue weighted by Crippen LogP contribution is -2.00. The zero-order chi connectivity index (χ0) is 8.81. The molecule has 0 atom stereocenters. The van der Waals surface area contributed by atoms with Crippen molar-refractivity contribution in [2.75, 3.05) is 6.61 Å². The normalized spacial score (nSPS) is 10.2. The molecule has 65 valence electrons. The van der Waals surface area contributed by atoms with Gasteiger partial charge in [0.1, 0.15) is 5.75 Å². The summed E-state index contributed by atoms with van der Waals surface area (Å²) in [5.41, 5.74) is 0. The van der Waals surface area contributed by atoms with Crippen molar-refractivity contribution in [3.63, 3.8) is 0 Å². The van der Waals surface area contributed by atoms with E-state index in [4.69, 9.17) is 4.74 Å². The Kier molecular flexibility index (Phi) is 3.65. The van der Waals surface area contributed by atoms with Gasteiger partial charge in [0, 0.05) is 0 Å². The van der Waals surface area contributed by atoms with Gasteiger partial charge < -0.3 is 4.74 Å².